The molecule has 0 unspecified atom stereocenters. The first-order chi connectivity index (χ1) is 10.5. The molecule has 0 atom stereocenters. The van der Waals surface area contributed by atoms with Crippen LogP contribution in [0.3, 0.4) is 0 Å². The Balaban J connectivity index is 2.37. The molecule has 0 saturated carbocycles. The van der Waals surface area contributed by atoms with Gasteiger partial charge in [-0.2, -0.15) is 0 Å². The van der Waals surface area contributed by atoms with Crippen molar-refractivity contribution in [3.63, 3.8) is 0 Å². The van der Waals surface area contributed by atoms with Crippen LogP contribution in [-0.2, 0) is 0 Å². The van der Waals surface area contributed by atoms with Crippen molar-refractivity contribution < 1.29 is 24.5 Å². The van der Waals surface area contributed by atoms with Crippen molar-refractivity contribution in [1.29, 1.82) is 0 Å². The summed E-state index contributed by atoms with van der Waals surface area (Å²) in [5, 5.41) is 28.8. The van der Waals surface area contributed by atoms with Crippen LogP contribution in [0.15, 0.2) is 45.8 Å². The number of hydrogen-bond acceptors (Lipinski definition) is 6. The third kappa shape index (κ3) is 2.01. The number of hydrogen-bond donors (Lipinski definition) is 3. The van der Waals surface area contributed by atoms with Crippen LogP contribution >= 0.6 is 0 Å². The quantitative estimate of drug-likeness (QED) is 0.629. The van der Waals surface area contributed by atoms with E-state index in [4.69, 9.17) is 9.15 Å². The molecule has 6 heteroatoms. The van der Waals surface area contributed by atoms with Gasteiger partial charge in [-0.25, -0.2) is 0 Å². The molecule has 0 aliphatic carbocycles. The number of benzene rings is 2. The molecule has 3 rings (SSSR count). The highest BCUT2D eigenvalue weighted by Crippen LogP contribution is 2.39. The summed E-state index contributed by atoms with van der Waals surface area (Å²) in [6, 6.07) is 7.12. The molecule has 22 heavy (non-hydrogen) atoms. The Hall–Kier alpha value is -3.15. The fourth-order valence-electron chi connectivity index (χ4n) is 2.24. The first-order valence-electron chi connectivity index (χ1n) is 6.36. The van der Waals surface area contributed by atoms with Crippen molar-refractivity contribution in [1.82, 2.24) is 0 Å². The van der Waals surface area contributed by atoms with Crippen molar-refractivity contribution >= 4 is 11.0 Å². The van der Waals surface area contributed by atoms with E-state index in [9.17, 15) is 20.1 Å². The van der Waals surface area contributed by atoms with Gasteiger partial charge < -0.3 is 24.5 Å². The lowest BCUT2D eigenvalue weighted by molar-refractivity contribution is 0.386. The van der Waals surface area contributed by atoms with Crippen LogP contribution in [0.1, 0.15) is 0 Å². The van der Waals surface area contributed by atoms with Crippen molar-refractivity contribution in [2.24, 2.45) is 0 Å². The molecule has 3 N–H and O–H groups in total. The van der Waals surface area contributed by atoms with E-state index in [0.29, 0.717) is 5.56 Å². The molecular formula is C16H12O6. The second-order valence-electron chi connectivity index (χ2n) is 4.68. The number of phenols is 3. The normalized spacial score (nSPS) is 10.8. The van der Waals surface area contributed by atoms with Crippen LogP contribution < -0.4 is 10.2 Å². The first-order valence-corrected chi connectivity index (χ1v) is 6.36. The fraction of sp³-hybridized carbons (Fsp3) is 0.0625. The monoisotopic (exact) mass is 300 g/mol. The van der Waals surface area contributed by atoms with Crippen LogP contribution in [0.5, 0.6) is 23.0 Å². The third-order valence-electron chi connectivity index (χ3n) is 3.36. The minimum Gasteiger partial charge on any atom is -0.508 e. The van der Waals surface area contributed by atoms with E-state index < -0.39 is 16.9 Å². The molecular weight excluding hydrogens is 288 g/mol. The molecule has 0 bridgehead atoms. The van der Waals surface area contributed by atoms with Crippen LogP contribution in [0, 0.1) is 0 Å². The molecule has 2 aromatic carbocycles. The van der Waals surface area contributed by atoms with Gasteiger partial charge in [-0.3, -0.25) is 4.79 Å². The van der Waals surface area contributed by atoms with E-state index in [1.165, 1.54) is 31.6 Å². The maximum atomic E-state index is 12.6. The largest absolute Gasteiger partial charge is 0.508 e. The molecule has 0 saturated heterocycles. The molecule has 0 fully saturated rings. The average Bonchev–Trinajstić information content (AvgIpc) is 2.52. The van der Waals surface area contributed by atoms with Gasteiger partial charge in [-0.15, -0.1) is 0 Å². The lowest BCUT2D eigenvalue weighted by Gasteiger charge is -2.09. The highest BCUT2D eigenvalue weighted by Gasteiger charge is 2.19. The van der Waals surface area contributed by atoms with E-state index >= 15 is 0 Å². The molecule has 0 aliphatic heterocycles. The maximum absolute atomic E-state index is 12.6. The fourth-order valence-corrected chi connectivity index (χ4v) is 2.24. The molecule has 0 radical (unpaired) electrons. The Kier molecular flexibility index (Phi) is 3.14. The first kappa shape index (κ1) is 13.8. The van der Waals surface area contributed by atoms with Gasteiger partial charge in [0.1, 0.15) is 17.4 Å². The summed E-state index contributed by atoms with van der Waals surface area (Å²) in [6.45, 7) is 0. The van der Waals surface area contributed by atoms with Gasteiger partial charge in [-0.05, 0) is 17.7 Å². The van der Waals surface area contributed by atoms with Crippen LogP contribution in [0.2, 0.25) is 0 Å². The summed E-state index contributed by atoms with van der Waals surface area (Å²) < 4.78 is 10.5. The smallest absolute Gasteiger partial charge is 0.204 e. The number of rotatable bonds is 2. The standard InChI is InChI=1S/C16H12O6/c1-21-12-6-11(18)15(20)13-14(19)10(7-22-16(12)13)8-2-4-9(17)5-3-8/h2-7,17-18,20H,1H3. The molecule has 0 amide bonds. The topological polar surface area (TPSA) is 100 Å². The van der Waals surface area contributed by atoms with Gasteiger partial charge >= 0.3 is 0 Å². The molecule has 3 aromatic rings. The van der Waals surface area contributed by atoms with Gasteiger partial charge in [-0.1, -0.05) is 12.1 Å². The van der Waals surface area contributed by atoms with E-state index in [2.05, 4.69) is 0 Å². The SMILES string of the molecule is COc1cc(O)c(O)c2c(=O)c(-c3ccc(O)cc3)coc12. The highest BCUT2D eigenvalue weighted by molar-refractivity contribution is 5.93. The van der Waals surface area contributed by atoms with Crippen molar-refractivity contribution in [2.75, 3.05) is 7.11 Å². The predicted octanol–water partition coefficient (Wildman–Crippen LogP) is 2.59. The van der Waals surface area contributed by atoms with E-state index in [-0.39, 0.29) is 28.0 Å². The Morgan fingerprint density at radius 3 is 2.41 bits per heavy atom. The summed E-state index contributed by atoms with van der Waals surface area (Å²) in [7, 11) is 1.36. The number of aromatic hydroxyl groups is 3. The zero-order chi connectivity index (χ0) is 15.9. The van der Waals surface area contributed by atoms with Gasteiger partial charge in [0.2, 0.25) is 5.43 Å². The lowest BCUT2D eigenvalue weighted by Crippen LogP contribution is -2.05. The Morgan fingerprint density at radius 1 is 1.09 bits per heavy atom. The maximum Gasteiger partial charge on any atom is 0.204 e. The Bertz CT molecular complexity index is 909. The minimum atomic E-state index is -0.565. The number of phenolic OH excluding ortho intramolecular Hbond substituents is 3. The Labute approximate surface area is 124 Å². The molecule has 1 heterocycles. The number of fused-ring (bicyclic) bond motifs is 1. The molecule has 6 nitrogen and oxygen atoms in total. The van der Waals surface area contributed by atoms with E-state index in [1.807, 2.05) is 0 Å². The number of methoxy groups -OCH3 is 1. The Morgan fingerprint density at radius 2 is 1.77 bits per heavy atom. The second-order valence-corrected chi connectivity index (χ2v) is 4.68. The van der Waals surface area contributed by atoms with Crippen molar-refractivity contribution in [2.45, 2.75) is 0 Å². The van der Waals surface area contributed by atoms with Gasteiger partial charge in [0.15, 0.2) is 22.8 Å². The summed E-state index contributed by atoms with van der Waals surface area (Å²) in [5.74, 6) is -0.833. The van der Waals surface area contributed by atoms with Crippen LogP contribution in [0.25, 0.3) is 22.1 Å². The number of ether oxygens (including phenoxy) is 1. The average molecular weight is 300 g/mol. The van der Waals surface area contributed by atoms with Gasteiger partial charge in [0.05, 0.1) is 12.7 Å². The second kappa shape index (κ2) is 5.00. The van der Waals surface area contributed by atoms with Crippen molar-refractivity contribution in [3.8, 4) is 34.1 Å². The third-order valence-corrected chi connectivity index (χ3v) is 3.36. The van der Waals surface area contributed by atoms with Gasteiger partial charge in [0.25, 0.3) is 0 Å². The lowest BCUT2D eigenvalue weighted by atomic mass is 10.0. The minimum absolute atomic E-state index is 0.0466. The zero-order valence-electron chi connectivity index (χ0n) is 11.5. The van der Waals surface area contributed by atoms with Crippen molar-refractivity contribution in [3.05, 3.63) is 46.8 Å². The summed E-state index contributed by atoms with van der Waals surface area (Å²) in [6.07, 6.45) is 1.25. The molecule has 1 aromatic heterocycles. The molecule has 112 valence electrons. The van der Waals surface area contributed by atoms with Crippen LogP contribution in [0.4, 0.5) is 0 Å². The van der Waals surface area contributed by atoms with Gasteiger partial charge in [0, 0.05) is 6.07 Å². The zero-order valence-corrected chi connectivity index (χ0v) is 11.5. The highest BCUT2D eigenvalue weighted by atomic mass is 16.5. The molecule has 0 aliphatic rings. The summed E-state index contributed by atoms with van der Waals surface area (Å²) in [4.78, 5) is 12.6. The van der Waals surface area contributed by atoms with E-state index in [1.54, 1.807) is 12.1 Å². The predicted molar refractivity (Wildman–Crippen MR) is 79.5 cm³/mol. The summed E-state index contributed by atoms with van der Waals surface area (Å²) >= 11 is 0. The summed E-state index contributed by atoms with van der Waals surface area (Å²) in [5.41, 5.74) is 0.231. The molecule has 0 spiro atoms. The van der Waals surface area contributed by atoms with Crippen LogP contribution in [-0.4, -0.2) is 22.4 Å². The van der Waals surface area contributed by atoms with E-state index in [0.717, 1.165) is 0 Å².